The molecule has 0 bridgehead atoms. The zero-order valence-corrected chi connectivity index (χ0v) is 15.6. The number of hydrogen-bond acceptors (Lipinski definition) is 4. The van der Waals surface area contributed by atoms with Crippen LogP contribution in [0.1, 0.15) is 51.5 Å². The van der Waals surface area contributed by atoms with Crippen molar-refractivity contribution in [2.45, 2.75) is 59.5 Å². The highest BCUT2D eigenvalue weighted by Gasteiger charge is 2.06. The lowest BCUT2D eigenvalue weighted by Crippen LogP contribution is -2.30. The molecule has 1 N–H and O–H groups in total. The van der Waals surface area contributed by atoms with Gasteiger partial charge < -0.3 is 4.90 Å². The molecule has 0 atom stereocenters. The third-order valence-corrected chi connectivity index (χ3v) is 4.49. The summed E-state index contributed by atoms with van der Waals surface area (Å²) < 4.78 is 1.95. The van der Waals surface area contributed by atoms with E-state index in [4.69, 9.17) is 0 Å². The van der Waals surface area contributed by atoms with Gasteiger partial charge in [-0.25, -0.2) is 4.68 Å². The summed E-state index contributed by atoms with van der Waals surface area (Å²) in [5, 5.41) is 12.0. The molecule has 0 saturated heterocycles. The van der Waals surface area contributed by atoms with Gasteiger partial charge in [0.05, 0.1) is 12.2 Å². The Hall–Kier alpha value is -1.46. The van der Waals surface area contributed by atoms with Crippen LogP contribution in [0.3, 0.4) is 0 Å². The zero-order chi connectivity index (χ0) is 17.2. The van der Waals surface area contributed by atoms with Crippen molar-refractivity contribution < 1.29 is 0 Å². The molecule has 0 unspecified atom stereocenters. The van der Waals surface area contributed by atoms with Crippen LogP contribution in [0, 0.1) is 6.92 Å². The summed E-state index contributed by atoms with van der Waals surface area (Å²) in [6, 6.07) is 6.23. The van der Waals surface area contributed by atoms with Gasteiger partial charge >= 0.3 is 0 Å². The number of fused-ring (bicyclic) bond motifs is 1. The van der Waals surface area contributed by atoms with E-state index < -0.39 is 0 Å². The van der Waals surface area contributed by atoms with Crippen LogP contribution in [0.4, 0.5) is 0 Å². The maximum absolute atomic E-state index is 4.28. The second-order valence-corrected chi connectivity index (χ2v) is 6.59. The van der Waals surface area contributed by atoms with Crippen LogP contribution in [0.2, 0.25) is 0 Å². The summed E-state index contributed by atoms with van der Waals surface area (Å²) in [7, 11) is 0. The Bertz CT molecular complexity index is 584. The molecule has 0 aliphatic carbocycles. The van der Waals surface area contributed by atoms with Crippen molar-refractivity contribution in [3.05, 3.63) is 23.8 Å². The lowest BCUT2D eigenvalue weighted by Gasteiger charge is -2.21. The fraction of sp³-hybridized carbons (Fsp3) is 0.684. The number of aromatic nitrogens is 3. The van der Waals surface area contributed by atoms with Gasteiger partial charge in [0, 0.05) is 0 Å². The average molecular weight is 332 g/mol. The molecule has 0 radical (unpaired) electrons. The second kappa shape index (κ2) is 10.4. The van der Waals surface area contributed by atoms with E-state index >= 15 is 0 Å². The molecule has 0 aliphatic heterocycles. The van der Waals surface area contributed by atoms with Gasteiger partial charge in [-0.05, 0) is 64.0 Å². The Morgan fingerprint density at radius 3 is 2.46 bits per heavy atom. The quantitative estimate of drug-likeness (QED) is 0.604. The highest BCUT2D eigenvalue weighted by molar-refractivity contribution is 5.77. The SMILES string of the molecule is CCCCN(CCCC)CCCNCn1nnc2c(C)cccc21. The Balaban J connectivity index is 1.72. The number of rotatable bonds is 12. The number of nitrogens with zero attached hydrogens (tertiary/aromatic N) is 4. The van der Waals surface area contributed by atoms with E-state index in [9.17, 15) is 0 Å². The average Bonchev–Trinajstić information content (AvgIpc) is 3.01. The Kier molecular flexibility index (Phi) is 8.19. The van der Waals surface area contributed by atoms with E-state index in [2.05, 4.69) is 59.5 Å². The predicted molar refractivity (Wildman–Crippen MR) is 101 cm³/mol. The van der Waals surface area contributed by atoms with E-state index in [1.807, 2.05) is 4.68 Å². The van der Waals surface area contributed by atoms with E-state index in [0.717, 1.165) is 24.2 Å². The number of aryl methyl sites for hydroxylation is 1. The van der Waals surface area contributed by atoms with Gasteiger partial charge in [-0.15, -0.1) is 5.10 Å². The van der Waals surface area contributed by atoms with Crippen LogP contribution in [0.15, 0.2) is 18.2 Å². The number of nitrogens with one attached hydrogen (secondary N) is 1. The Morgan fingerprint density at radius 2 is 1.75 bits per heavy atom. The van der Waals surface area contributed by atoms with E-state index in [1.54, 1.807) is 0 Å². The minimum Gasteiger partial charge on any atom is -0.303 e. The van der Waals surface area contributed by atoms with Crippen LogP contribution in [0.5, 0.6) is 0 Å². The normalized spacial score (nSPS) is 11.7. The van der Waals surface area contributed by atoms with Gasteiger partial charge in [0.25, 0.3) is 0 Å². The fourth-order valence-electron chi connectivity index (χ4n) is 2.96. The summed E-state index contributed by atoms with van der Waals surface area (Å²) in [6.45, 7) is 12.0. The van der Waals surface area contributed by atoms with E-state index in [0.29, 0.717) is 0 Å². The molecule has 2 rings (SSSR count). The van der Waals surface area contributed by atoms with Gasteiger partial charge in [0.2, 0.25) is 0 Å². The molecular formula is C19H33N5. The molecule has 1 heterocycles. The minimum atomic E-state index is 0.726. The molecule has 0 saturated carbocycles. The standard InChI is InChI=1S/C19H33N5/c1-4-6-13-23(14-7-5-2)15-9-12-20-16-24-18-11-8-10-17(3)19(18)21-22-24/h8,10-11,20H,4-7,9,12-16H2,1-3H3. The molecular weight excluding hydrogens is 298 g/mol. The van der Waals surface area contributed by atoms with Crippen LogP contribution in [-0.2, 0) is 6.67 Å². The van der Waals surface area contributed by atoms with Crippen molar-refractivity contribution in [1.82, 2.24) is 25.2 Å². The molecule has 24 heavy (non-hydrogen) atoms. The monoisotopic (exact) mass is 331 g/mol. The molecule has 0 amide bonds. The topological polar surface area (TPSA) is 46.0 Å². The predicted octanol–water partition coefficient (Wildman–Crippen LogP) is 3.58. The van der Waals surface area contributed by atoms with Crippen LogP contribution >= 0.6 is 0 Å². The van der Waals surface area contributed by atoms with Gasteiger partial charge in [-0.1, -0.05) is 44.0 Å². The van der Waals surface area contributed by atoms with Crippen molar-refractivity contribution in [3.8, 4) is 0 Å². The van der Waals surface area contributed by atoms with E-state index in [1.165, 1.54) is 57.3 Å². The molecule has 5 nitrogen and oxygen atoms in total. The molecule has 5 heteroatoms. The molecule has 134 valence electrons. The van der Waals surface area contributed by atoms with Gasteiger partial charge in [-0.3, -0.25) is 5.32 Å². The maximum Gasteiger partial charge on any atom is 0.116 e. The largest absolute Gasteiger partial charge is 0.303 e. The first-order chi connectivity index (χ1) is 11.8. The summed E-state index contributed by atoms with van der Waals surface area (Å²) >= 11 is 0. The van der Waals surface area contributed by atoms with Gasteiger partial charge in [0.15, 0.2) is 0 Å². The first-order valence-electron chi connectivity index (χ1n) is 9.48. The molecule has 1 aromatic carbocycles. The molecule has 0 aliphatic rings. The highest BCUT2D eigenvalue weighted by atomic mass is 15.4. The second-order valence-electron chi connectivity index (χ2n) is 6.59. The molecule has 0 fully saturated rings. The van der Waals surface area contributed by atoms with Crippen LogP contribution in [-0.4, -0.2) is 46.1 Å². The summed E-state index contributed by atoms with van der Waals surface area (Å²) in [4.78, 5) is 2.61. The fourth-order valence-corrected chi connectivity index (χ4v) is 2.96. The zero-order valence-electron chi connectivity index (χ0n) is 15.6. The summed E-state index contributed by atoms with van der Waals surface area (Å²) in [5.74, 6) is 0. The molecule has 0 spiro atoms. The molecule has 1 aromatic heterocycles. The van der Waals surface area contributed by atoms with Crippen LogP contribution < -0.4 is 5.32 Å². The van der Waals surface area contributed by atoms with Crippen molar-refractivity contribution in [1.29, 1.82) is 0 Å². The molecule has 2 aromatic rings. The first-order valence-corrected chi connectivity index (χ1v) is 9.48. The third-order valence-electron chi connectivity index (χ3n) is 4.49. The highest BCUT2D eigenvalue weighted by Crippen LogP contribution is 2.14. The summed E-state index contributed by atoms with van der Waals surface area (Å²) in [5.41, 5.74) is 3.29. The maximum atomic E-state index is 4.28. The van der Waals surface area contributed by atoms with Crippen molar-refractivity contribution in [2.24, 2.45) is 0 Å². The number of unbranched alkanes of at least 4 members (excludes halogenated alkanes) is 2. The van der Waals surface area contributed by atoms with Crippen molar-refractivity contribution in [2.75, 3.05) is 26.2 Å². The number of benzene rings is 1. The Labute approximate surface area is 146 Å². The van der Waals surface area contributed by atoms with Crippen LogP contribution in [0.25, 0.3) is 11.0 Å². The Morgan fingerprint density at radius 1 is 1.04 bits per heavy atom. The first kappa shape index (κ1) is 18.9. The van der Waals surface area contributed by atoms with Crippen molar-refractivity contribution >= 4 is 11.0 Å². The number of hydrogen-bond donors (Lipinski definition) is 1. The lowest BCUT2D eigenvalue weighted by atomic mass is 10.2. The third kappa shape index (κ3) is 5.56. The summed E-state index contributed by atoms with van der Waals surface area (Å²) in [6.07, 6.45) is 6.35. The van der Waals surface area contributed by atoms with E-state index in [-0.39, 0.29) is 0 Å². The smallest absolute Gasteiger partial charge is 0.116 e. The minimum absolute atomic E-state index is 0.726. The lowest BCUT2D eigenvalue weighted by molar-refractivity contribution is 0.260. The van der Waals surface area contributed by atoms with Gasteiger partial charge in [-0.2, -0.15) is 0 Å². The van der Waals surface area contributed by atoms with Crippen molar-refractivity contribution in [3.63, 3.8) is 0 Å². The van der Waals surface area contributed by atoms with Gasteiger partial charge in [0.1, 0.15) is 5.52 Å².